The monoisotopic (exact) mass is 226 g/mol. The van der Waals surface area contributed by atoms with Gasteiger partial charge in [0.05, 0.1) is 11.4 Å². The van der Waals surface area contributed by atoms with Gasteiger partial charge in [0.25, 0.3) is 5.91 Å². The van der Waals surface area contributed by atoms with Crippen molar-refractivity contribution in [1.29, 1.82) is 0 Å². The highest BCUT2D eigenvalue weighted by molar-refractivity contribution is 6.51. The van der Waals surface area contributed by atoms with Crippen molar-refractivity contribution < 1.29 is 4.79 Å². The van der Waals surface area contributed by atoms with Crippen molar-refractivity contribution >= 4 is 23.2 Å². The molecule has 2 heterocycles. The van der Waals surface area contributed by atoms with Gasteiger partial charge in [-0.25, -0.2) is 4.99 Å². The van der Waals surface area contributed by atoms with E-state index in [9.17, 15) is 4.79 Å². The summed E-state index contributed by atoms with van der Waals surface area (Å²) in [5, 5.41) is 4.00. The minimum absolute atomic E-state index is 0.241. The molecule has 0 aliphatic carbocycles. The van der Waals surface area contributed by atoms with E-state index in [1.54, 1.807) is 0 Å². The van der Waals surface area contributed by atoms with Gasteiger partial charge in [0.1, 0.15) is 0 Å². The number of carbonyl (C=O) groups is 1. The molecule has 0 aromatic heterocycles. The van der Waals surface area contributed by atoms with Gasteiger partial charge in [0.15, 0.2) is 11.9 Å². The summed E-state index contributed by atoms with van der Waals surface area (Å²) in [7, 11) is 0. The van der Waals surface area contributed by atoms with Gasteiger partial charge in [0.2, 0.25) is 0 Å². The Balaban J connectivity index is 2.06. The second kappa shape index (κ2) is 3.62. The van der Waals surface area contributed by atoms with Crippen LogP contribution in [0.3, 0.4) is 0 Å². The SMILES string of the molecule is CC1=NNC2C(=O)N=C(c3ccccc3)N=C12. The largest absolute Gasteiger partial charge is 0.291 e. The average Bonchev–Trinajstić information content (AvgIpc) is 2.73. The van der Waals surface area contributed by atoms with E-state index in [1.807, 2.05) is 37.3 Å². The second-order valence-electron chi connectivity index (χ2n) is 3.90. The van der Waals surface area contributed by atoms with Crippen molar-refractivity contribution in [1.82, 2.24) is 5.43 Å². The van der Waals surface area contributed by atoms with Crippen LogP contribution < -0.4 is 5.43 Å². The van der Waals surface area contributed by atoms with Crippen molar-refractivity contribution in [3.05, 3.63) is 35.9 Å². The molecule has 2 aliphatic rings. The Bertz CT molecular complexity index is 571. The van der Waals surface area contributed by atoms with Crippen LogP contribution in [0.5, 0.6) is 0 Å². The fraction of sp³-hybridized carbons (Fsp3) is 0.167. The molecule has 0 saturated heterocycles. The highest BCUT2D eigenvalue weighted by Crippen LogP contribution is 2.13. The van der Waals surface area contributed by atoms with Crippen LogP contribution in [-0.2, 0) is 4.79 Å². The van der Waals surface area contributed by atoms with Gasteiger partial charge in [-0.2, -0.15) is 10.1 Å². The molecular weight excluding hydrogens is 216 g/mol. The summed E-state index contributed by atoms with van der Waals surface area (Å²) in [5.41, 5.74) is 4.98. The summed E-state index contributed by atoms with van der Waals surface area (Å²) in [6, 6.07) is 8.96. The van der Waals surface area contributed by atoms with E-state index < -0.39 is 6.04 Å². The smallest absolute Gasteiger partial charge is 0.278 e. The molecule has 84 valence electrons. The maximum absolute atomic E-state index is 11.8. The first-order valence-electron chi connectivity index (χ1n) is 5.32. The van der Waals surface area contributed by atoms with Crippen LogP contribution in [0.2, 0.25) is 0 Å². The molecule has 0 fully saturated rings. The Hall–Kier alpha value is -2.30. The Morgan fingerprint density at radius 2 is 1.94 bits per heavy atom. The lowest BCUT2D eigenvalue weighted by atomic mass is 10.1. The predicted octanol–water partition coefficient (Wildman–Crippen LogP) is 0.762. The molecule has 17 heavy (non-hydrogen) atoms. The molecule has 0 spiro atoms. The van der Waals surface area contributed by atoms with Crippen molar-refractivity contribution in [2.75, 3.05) is 0 Å². The summed E-state index contributed by atoms with van der Waals surface area (Å²) in [4.78, 5) is 20.2. The molecule has 0 saturated carbocycles. The van der Waals surface area contributed by atoms with Crippen molar-refractivity contribution in [2.24, 2.45) is 15.1 Å². The lowest BCUT2D eigenvalue weighted by Gasteiger charge is -2.13. The Morgan fingerprint density at radius 1 is 1.18 bits per heavy atom. The second-order valence-corrected chi connectivity index (χ2v) is 3.90. The van der Waals surface area contributed by atoms with E-state index in [1.165, 1.54) is 0 Å². The molecule has 5 nitrogen and oxygen atoms in total. The van der Waals surface area contributed by atoms with Crippen LogP contribution in [-0.4, -0.2) is 29.2 Å². The number of amidine groups is 1. The molecule has 2 aliphatic heterocycles. The first-order valence-corrected chi connectivity index (χ1v) is 5.32. The number of nitrogens with zero attached hydrogens (tertiary/aromatic N) is 3. The van der Waals surface area contributed by atoms with Gasteiger partial charge in [-0.05, 0) is 6.92 Å². The van der Waals surface area contributed by atoms with Crippen LogP contribution in [0.1, 0.15) is 12.5 Å². The minimum Gasteiger partial charge on any atom is -0.291 e. The van der Waals surface area contributed by atoms with Crippen molar-refractivity contribution in [3.8, 4) is 0 Å². The third-order valence-corrected chi connectivity index (χ3v) is 2.73. The van der Waals surface area contributed by atoms with Crippen LogP contribution in [0.25, 0.3) is 0 Å². The Morgan fingerprint density at radius 3 is 2.71 bits per heavy atom. The maximum Gasteiger partial charge on any atom is 0.278 e. The zero-order valence-electron chi connectivity index (χ0n) is 9.21. The highest BCUT2D eigenvalue weighted by Gasteiger charge is 2.34. The van der Waals surface area contributed by atoms with Gasteiger partial charge in [-0.1, -0.05) is 30.3 Å². The van der Waals surface area contributed by atoms with Gasteiger partial charge in [-0.15, -0.1) is 0 Å². The van der Waals surface area contributed by atoms with E-state index in [2.05, 4.69) is 20.5 Å². The summed E-state index contributed by atoms with van der Waals surface area (Å²) in [5.74, 6) is 0.217. The van der Waals surface area contributed by atoms with Gasteiger partial charge < -0.3 is 0 Å². The molecule has 3 rings (SSSR count). The fourth-order valence-corrected chi connectivity index (χ4v) is 1.83. The lowest BCUT2D eigenvalue weighted by molar-refractivity contribution is -0.118. The molecule has 1 amide bonds. The number of carbonyl (C=O) groups excluding carboxylic acids is 1. The number of nitrogens with one attached hydrogen (secondary N) is 1. The third-order valence-electron chi connectivity index (χ3n) is 2.73. The zero-order valence-corrected chi connectivity index (χ0v) is 9.21. The van der Waals surface area contributed by atoms with E-state index in [0.717, 1.165) is 11.3 Å². The molecule has 1 aromatic carbocycles. The lowest BCUT2D eigenvalue weighted by Crippen LogP contribution is -2.40. The fourth-order valence-electron chi connectivity index (χ4n) is 1.83. The maximum atomic E-state index is 11.8. The molecule has 1 atom stereocenters. The van der Waals surface area contributed by atoms with Gasteiger partial charge in [-0.3, -0.25) is 10.2 Å². The topological polar surface area (TPSA) is 66.2 Å². The Kier molecular flexibility index (Phi) is 2.11. The summed E-state index contributed by atoms with van der Waals surface area (Å²) in [6.45, 7) is 1.83. The number of hydrazone groups is 1. The summed E-state index contributed by atoms with van der Waals surface area (Å²) < 4.78 is 0. The van der Waals surface area contributed by atoms with Gasteiger partial charge >= 0.3 is 0 Å². The van der Waals surface area contributed by atoms with E-state index in [-0.39, 0.29) is 5.91 Å². The first kappa shape index (κ1) is 9.89. The van der Waals surface area contributed by atoms with Crippen molar-refractivity contribution in [3.63, 3.8) is 0 Å². The first-order chi connectivity index (χ1) is 8.25. The van der Waals surface area contributed by atoms with Crippen LogP contribution >= 0.6 is 0 Å². The van der Waals surface area contributed by atoms with Crippen LogP contribution in [0, 0.1) is 0 Å². The normalized spacial score (nSPS) is 22.3. The molecule has 0 radical (unpaired) electrons. The predicted molar refractivity (Wildman–Crippen MR) is 65.5 cm³/mol. The summed E-state index contributed by atoms with van der Waals surface area (Å²) >= 11 is 0. The standard InChI is InChI=1S/C12H10N4O/c1-7-9-10(16-15-7)12(17)14-11(13-9)8-5-3-2-4-6-8/h2-6,10,16H,1H3. The molecule has 5 heteroatoms. The highest BCUT2D eigenvalue weighted by atomic mass is 16.2. The van der Waals surface area contributed by atoms with E-state index in [4.69, 9.17) is 0 Å². The molecule has 0 bridgehead atoms. The molecule has 1 aromatic rings. The number of amides is 1. The third kappa shape index (κ3) is 1.56. The number of fused-ring (bicyclic) bond motifs is 1. The number of aliphatic imine (C=N–C) groups is 2. The number of benzene rings is 1. The van der Waals surface area contributed by atoms with Crippen LogP contribution in [0.4, 0.5) is 0 Å². The van der Waals surface area contributed by atoms with Crippen molar-refractivity contribution in [2.45, 2.75) is 13.0 Å². The van der Waals surface area contributed by atoms with Crippen LogP contribution in [0.15, 0.2) is 45.4 Å². The van der Waals surface area contributed by atoms with E-state index >= 15 is 0 Å². The minimum atomic E-state index is -0.498. The van der Waals surface area contributed by atoms with E-state index in [0.29, 0.717) is 11.5 Å². The number of rotatable bonds is 1. The quantitative estimate of drug-likeness (QED) is 0.768. The average molecular weight is 226 g/mol. The zero-order chi connectivity index (χ0) is 11.8. The number of hydrogen-bond acceptors (Lipinski definition) is 4. The van der Waals surface area contributed by atoms with Gasteiger partial charge in [0, 0.05) is 5.56 Å². The summed E-state index contributed by atoms with van der Waals surface area (Å²) in [6.07, 6.45) is 0. The molecule has 1 N–H and O–H groups in total. The molecule has 1 unspecified atom stereocenters. The molecular formula is C12H10N4O. The number of hydrogen-bond donors (Lipinski definition) is 1. The Labute approximate surface area is 98.0 Å².